The first kappa shape index (κ1) is 14.6. The third-order valence-electron chi connectivity index (χ3n) is 4.24. The SMILES string of the molecule is CC(C)(C)c1ccc(CCN2CCCCCC2)cc1. The van der Waals surface area contributed by atoms with Crippen molar-refractivity contribution in [2.75, 3.05) is 19.6 Å². The first-order valence-corrected chi connectivity index (χ1v) is 7.87. The predicted octanol–water partition coefficient (Wildman–Crippen LogP) is 4.40. The zero-order valence-corrected chi connectivity index (χ0v) is 12.9. The highest BCUT2D eigenvalue weighted by atomic mass is 15.1. The quantitative estimate of drug-likeness (QED) is 0.777. The minimum atomic E-state index is 0.267. The van der Waals surface area contributed by atoms with Crippen LogP contribution in [0, 0.1) is 0 Å². The van der Waals surface area contributed by atoms with E-state index in [1.165, 1.54) is 62.9 Å². The Labute approximate surface area is 119 Å². The molecule has 1 nitrogen and oxygen atoms in total. The molecule has 106 valence electrons. The summed E-state index contributed by atoms with van der Waals surface area (Å²) < 4.78 is 0. The van der Waals surface area contributed by atoms with Crippen molar-refractivity contribution in [1.29, 1.82) is 0 Å². The van der Waals surface area contributed by atoms with E-state index >= 15 is 0 Å². The summed E-state index contributed by atoms with van der Waals surface area (Å²) in [6.45, 7) is 10.7. The number of hydrogen-bond donors (Lipinski definition) is 0. The van der Waals surface area contributed by atoms with Crippen LogP contribution in [-0.4, -0.2) is 24.5 Å². The van der Waals surface area contributed by atoms with Crippen LogP contribution in [0.15, 0.2) is 24.3 Å². The van der Waals surface area contributed by atoms with E-state index in [0.29, 0.717) is 0 Å². The van der Waals surface area contributed by atoms with Crippen LogP contribution < -0.4 is 0 Å². The van der Waals surface area contributed by atoms with Crippen molar-refractivity contribution >= 4 is 0 Å². The second-order valence-corrected chi connectivity index (χ2v) is 6.95. The number of nitrogens with zero attached hydrogens (tertiary/aromatic N) is 1. The highest BCUT2D eigenvalue weighted by Gasteiger charge is 2.13. The van der Waals surface area contributed by atoms with Crippen LogP contribution in [0.3, 0.4) is 0 Å². The molecule has 0 radical (unpaired) electrons. The normalized spacial score (nSPS) is 18.3. The molecule has 0 N–H and O–H groups in total. The minimum Gasteiger partial charge on any atom is -0.303 e. The predicted molar refractivity (Wildman–Crippen MR) is 83.8 cm³/mol. The Balaban J connectivity index is 1.85. The van der Waals surface area contributed by atoms with Crippen molar-refractivity contribution in [3.05, 3.63) is 35.4 Å². The summed E-state index contributed by atoms with van der Waals surface area (Å²) in [6.07, 6.45) is 6.84. The van der Waals surface area contributed by atoms with Gasteiger partial charge in [-0.25, -0.2) is 0 Å². The van der Waals surface area contributed by atoms with E-state index in [2.05, 4.69) is 49.9 Å². The van der Waals surface area contributed by atoms with Crippen LogP contribution in [0.5, 0.6) is 0 Å². The molecule has 0 aliphatic carbocycles. The molecule has 0 atom stereocenters. The van der Waals surface area contributed by atoms with E-state index in [1.807, 2.05) is 0 Å². The van der Waals surface area contributed by atoms with Crippen LogP contribution in [0.25, 0.3) is 0 Å². The van der Waals surface area contributed by atoms with Gasteiger partial charge in [-0.2, -0.15) is 0 Å². The van der Waals surface area contributed by atoms with Gasteiger partial charge in [-0.1, -0.05) is 57.9 Å². The van der Waals surface area contributed by atoms with E-state index < -0.39 is 0 Å². The van der Waals surface area contributed by atoms with E-state index in [-0.39, 0.29) is 5.41 Å². The molecule has 1 aromatic carbocycles. The van der Waals surface area contributed by atoms with Crippen LogP contribution in [0.1, 0.15) is 57.6 Å². The minimum absolute atomic E-state index is 0.267. The van der Waals surface area contributed by atoms with Gasteiger partial charge in [0.2, 0.25) is 0 Å². The second-order valence-electron chi connectivity index (χ2n) is 6.95. The monoisotopic (exact) mass is 259 g/mol. The van der Waals surface area contributed by atoms with E-state index in [1.54, 1.807) is 0 Å². The molecule has 1 heterocycles. The smallest absolute Gasteiger partial charge is 0.00218 e. The van der Waals surface area contributed by atoms with Gasteiger partial charge in [0.05, 0.1) is 0 Å². The summed E-state index contributed by atoms with van der Waals surface area (Å²) in [7, 11) is 0. The lowest BCUT2D eigenvalue weighted by atomic mass is 9.86. The maximum Gasteiger partial charge on any atom is 0.00218 e. The Hall–Kier alpha value is -0.820. The fourth-order valence-corrected chi connectivity index (χ4v) is 2.82. The average Bonchev–Trinajstić information content (AvgIpc) is 2.64. The summed E-state index contributed by atoms with van der Waals surface area (Å²) in [5.74, 6) is 0. The molecule has 0 unspecified atom stereocenters. The van der Waals surface area contributed by atoms with Crippen molar-refractivity contribution < 1.29 is 0 Å². The molecule has 1 aliphatic rings. The molecular weight excluding hydrogens is 230 g/mol. The van der Waals surface area contributed by atoms with E-state index in [4.69, 9.17) is 0 Å². The van der Waals surface area contributed by atoms with Crippen LogP contribution in [-0.2, 0) is 11.8 Å². The maximum absolute atomic E-state index is 2.64. The topological polar surface area (TPSA) is 3.24 Å². The molecule has 1 saturated heterocycles. The lowest BCUT2D eigenvalue weighted by Gasteiger charge is -2.21. The standard InChI is InChI=1S/C18H29N/c1-18(2,3)17-10-8-16(9-11-17)12-15-19-13-6-4-5-7-14-19/h8-11H,4-7,12-15H2,1-3H3. The highest BCUT2D eigenvalue weighted by Crippen LogP contribution is 2.22. The van der Waals surface area contributed by atoms with Gasteiger partial charge in [-0.05, 0) is 48.9 Å². The Morgan fingerprint density at radius 1 is 0.895 bits per heavy atom. The summed E-state index contributed by atoms with van der Waals surface area (Å²) >= 11 is 0. The van der Waals surface area contributed by atoms with Crippen LogP contribution in [0.2, 0.25) is 0 Å². The zero-order valence-electron chi connectivity index (χ0n) is 12.9. The largest absolute Gasteiger partial charge is 0.303 e. The molecule has 0 saturated carbocycles. The van der Waals surface area contributed by atoms with Crippen molar-refractivity contribution in [2.45, 2.75) is 58.3 Å². The number of rotatable bonds is 3. The summed E-state index contributed by atoms with van der Waals surface area (Å²) in [6, 6.07) is 9.24. The van der Waals surface area contributed by atoms with Gasteiger partial charge in [-0.3, -0.25) is 0 Å². The fraction of sp³-hybridized carbons (Fsp3) is 0.667. The number of likely N-dealkylation sites (tertiary alicyclic amines) is 1. The summed E-state index contributed by atoms with van der Waals surface area (Å²) in [5, 5.41) is 0. The molecule has 1 aliphatic heterocycles. The molecule has 0 spiro atoms. The fourth-order valence-electron chi connectivity index (χ4n) is 2.82. The van der Waals surface area contributed by atoms with Gasteiger partial charge in [0.1, 0.15) is 0 Å². The lowest BCUT2D eigenvalue weighted by Crippen LogP contribution is -2.26. The summed E-state index contributed by atoms with van der Waals surface area (Å²) in [5.41, 5.74) is 3.19. The molecule has 0 aromatic heterocycles. The highest BCUT2D eigenvalue weighted by molar-refractivity contribution is 5.27. The molecule has 2 rings (SSSR count). The molecule has 1 fully saturated rings. The second kappa shape index (κ2) is 6.56. The third kappa shape index (κ3) is 4.65. The molecule has 0 bridgehead atoms. The molecular formula is C18H29N. The van der Waals surface area contributed by atoms with E-state index in [9.17, 15) is 0 Å². The van der Waals surface area contributed by atoms with Gasteiger partial charge < -0.3 is 4.90 Å². The van der Waals surface area contributed by atoms with Gasteiger partial charge in [0.25, 0.3) is 0 Å². The van der Waals surface area contributed by atoms with Gasteiger partial charge in [0.15, 0.2) is 0 Å². The molecule has 0 amide bonds. The van der Waals surface area contributed by atoms with Gasteiger partial charge >= 0.3 is 0 Å². The maximum atomic E-state index is 2.64. The Morgan fingerprint density at radius 3 is 2.00 bits per heavy atom. The van der Waals surface area contributed by atoms with Gasteiger partial charge in [0, 0.05) is 6.54 Å². The third-order valence-corrected chi connectivity index (χ3v) is 4.24. The Kier molecular flexibility index (Phi) is 5.04. The number of hydrogen-bond acceptors (Lipinski definition) is 1. The van der Waals surface area contributed by atoms with E-state index in [0.717, 1.165) is 0 Å². The first-order valence-electron chi connectivity index (χ1n) is 7.87. The molecule has 1 aromatic rings. The molecule has 19 heavy (non-hydrogen) atoms. The number of benzene rings is 1. The van der Waals surface area contributed by atoms with Gasteiger partial charge in [-0.15, -0.1) is 0 Å². The van der Waals surface area contributed by atoms with Crippen molar-refractivity contribution in [2.24, 2.45) is 0 Å². The van der Waals surface area contributed by atoms with Crippen LogP contribution in [0.4, 0.5) is 0 Å². The Morgan fingerprint density at radius 2 is 1.47 bits per heavy atom. The summed E-state index contributed by atoms with van der Waals surface area (Å²) in [4.78, 5) is 2.64. The van der Waals surface area contributed by atoms with Crippen molar-refractivity contribution in [3.8, 4) is 0 Å². The molecule has 1 heteroatoms. The Bertz CT molecular complexity index is 364. The lowest BCUT2D eigenvalue weighted by molar-refractivity contribution is 0.289. The average molecular weight is 259 g/mol. The van der Waals surface area contributed by atoms with Crippen molar-refractivity contribution in [3.63, 3.8) is 0 Å². The first-order chi connectivity index (χ1) is 9.05. The zero-order chi connectivity index (χ0) is 13.7. The van der Waals surface area contributed by atoms with Crippen molar-refractivity contribution in [1.82, 2.24) is 4.90 Å². The van der Waals surface area contributed by atoms with Crippen LogP contribution >= 0.6 is 0 Å².